The van der Waals surface area contributed by atoms with Gasteiger partial charge in [-0.3, -0.25) is 4.79 Å². The number of sulfonamides is 1. The van der Waals surface area contributed by atoms with Crippen molar-refractivity contribution < 1.29 is 13.2 Å². The number of fused-ring (bicyclic) bond motifs is 2. The minimum atomic E-state index is -3.88. The Morgan fingerprint density at radius 1 is 1.53 bits per heavy atom. The molecule has 2 fully saturated rings. The lowest BCUT2D eigenvalue weighted by Crippen LogP contribution is -2.41. The molecule has 0 radical (unpaired) electrons. The predicted octanol–water partition coefficient (Wildman–Crippen LogP) is 2.02. The molecule has 0 amide bonds. The predicted molar refractivity (Wildman–Crippen MR) is 61.5 cm³/mol. The molecule has 0 saturated heterocycles. The summed E-state index contributed by atoms with van der Waals surface area (Å²) in [6.07, 6.45) is 1.92. The molecule has 0 spiro atoms. The first-order valence-corrected chi connectivity index (χ1v) is 7.18. The lowest BCUT2D eigenvalue weighted by molar-refractivity contribution is -0.128. The molecule has 94 valence electrons. The van der Waals surface area contributed by atoms with Gasteiger partial charge in [0.1, 0.15) is 5.78 Å². The molecule has 6 nitrogen and oxygen atoms in total. The third kappa shape index (κ3) is 1.57. The van der Waals surface area contributed by atoms with Crippen molar-refractivity contribution >= 4 is 15.8 Å². The van der Waals surface area contributed by atoms with Crippen molar-refractivity contribution in [1.29, 1.82) is 0 Å². The monoisotopic (exact) mass is 257 g/mol. The van der Waals surface area contributed by atoms with Crippen LogP contribution >= 0.6 is 0 Å². The van der Waals surface area contributed by atoms with E-state index in [1.165, 1.54) is 0 Å². The summed E-state index contributed by atoms with van der Waals surface area (Å²) in [6.45, 7) is 3.89. The highest BCUT2D eigenvalue weighted by atomic mass is 32.2. The number of rotatable bonds is 3. The number of ketones is 1. The average Bonchev–Trinajstić information content (AvgIpc) is 2.50. The Morgan fingerprint density at radius 2 is 2.18 bits per heavy atom. The highest BCUT2D eigenvalue weighted by molar-refractivity contribution is 7.90. The van der Waals surface area contributed by atoms with E-state index < -0.39 is 15.4 Å². The summed E-state index contributed by atoms with van der Waals surface area (Å²) >= 11 is 0. The first-order chi connectivity index (χ1) is 7.75. The van der Waals surface area contributed by atoms with E-state index in [2.05, 4.69) is 9.43 Å². The van der Waals surface area contributed by atoms with Crippen LogP contribution in [0, 0.1) is 16.7 Å². The molecule has 2 bridgehead atoms. The van der Waals surface area contributed by atoms with Gasteiger partial charge in [-0.1, -0.05) is 13.8 Å². The summed E-state index contributed by atoms with van der Waals surface area (Å²) in [5, 5.41) is 0. The maximum Gasteiger partial charge on any atom is 0.236 e. The first kappa shape index (κ1) is 12.4. The second kappa shape index (κ2) is 3.46. The van der Waals surface area contributed by atoms with Crippen LogP contribution in [-0.4, -0.2) is 20.0 Å². The molecule has 0 N–H and O–H groups in total. The van der Waals surface area contributed by atoms with E-state index in [0.29, 0.717) is 12.8 Å². The minimum absolute atomic E-state index is 0.00969. The van der Waals surface area contributed by atoms with Crippen molar-refractivity contribution in [3.63, 3.8) is 0 Å². The van der Waals surface area contributed by atoms with E-state index in [1.54, 1.807) is 0 Å². The van der Waals surface area contributed by atoms with Gasteiger partial charge in [0.05, 0.1) is 5.75 Å². The third-order valence-corrected chi connectivity index (χ3v) is 5.91. The summed E-state index contributed by atoms with van der Waals surface area (Å²) in [6, 6.07) is 0. The molecule has 2 saturated carbocycles. The second-order valence-corrected chi connectivity index (χ2v) is 7.18. The molecule has 0 unspecified atom stereocenters. The molecule has 2 aliphatic carbocycles. The summed E-state index contributed by atoms with van der Waals surface area (Å²) < 4.78 is 26.1. The number of hydrogen-bond acceptors (Lipinski definition) is 3. The fourth-order valence-electron chi connectivity index (χ4n) is 3.50. The molecule has 0 aromatic carbocycles. The Morgan fingerprint density at radius 3 is 2.59 bits per heavy atom. The van der Waals surface area contributed by atoms with Crippen molar-refractivity contribution in [3.05, 3.63) is 10.4 Å². The van der Waals surface area contributed by atoms with E-state index in [9.17, 15) is 13.2 Å². The Hall–Kier alpha value is -1.07. The quantitative estimate of drug-likeness (QED) is 0.439. The number of hydrogen-bond donors (Lipinski definition) is 0. The van der Waals surface area contributed by atoms with Gasteiger partial charge in [0.25, 0.3) is 0 Å². The first-order valence-electron chi connectivity index (χ1n) is 5.57. The van der Waals surface area contributed by atoms with Gasteiger partial charge in [0, 0.05) is 21.3 Å². The fraction of sp³-hybridized carbons (Fsp3) is 0.900. The van der Waals surface area contributed by atoms with Gasteiger partial charge >= 0.3 is 0 Å². The molecule has 2 atom stereocenters. The van der Waals surface area contributed by atoms with E-state index in [-0.39, 0.29) is 22.9 Å². The smallest absolute Gasteiger partial charge is 0.236 e. The van der Waals surface area contributed by atoms with E-state index >= 15 is 0 Å². The molecular weight excluding hydrogens is 242 g/mol. The summed E-state index contributed by atoms with van der Waals surface area (Å²) in [5.74, 6) is -0.0708. The summed E-state index contributed by atoms with van der Waals surface area (Å²) in [4.78, 5) is 14.4. The van der Waals surface area contributed by atoms with Crippen LogP contribution in [0.4, 0.5) is 0 Å². The zero-order valence-electron chi connectivity index (χ0n) is 9.88. The minimum Gasteiger partial charge on any atom is -0.299 e. The van der Waals surface area contributed by atoms with Crippen LogP contribution in [0.3, 0.4) is 0 Å². The van der Waals surface area contributed by atoms with Crippen LogP contribution < -0.4 is 0 Å². The van der Waals surface area contributed by atoms with Gasteiger partial charge < -0.3 is 0 Å². The Kier molecular flexibility index (Phi) is 2.52. The molecule has 7 heteroatoms. The van der Waals surface area contributed by atoms with Crippen molar-refractivity contribution in [1.82, 2.24) is 0 Å². The van der Waals surface area contributed by atoms with Crippen LogP contribution in [0.2, 0.25) is 0 Å². The third-order valence-electron chi connectivity index (χ3n) is 4.73. The molecule has 0 aromatic heterocycles. The Bertz CT molecular complexity index is 519. The summed E-state index contributed by atoms with van der Waals surface area (Å²) in [7, 11) is -3.88. The van der Waals surface area contributed by atoms with Crippen LogP contribution in [-0.2, 0) is 14.8 Å². The largest absolute Gasteiger partial charge is 0.299 e. The van der Waals surface area contributed by atoms with Crippen molar-refractivity contribution in [2.45, 2.75) is 33.1 Å². The van der Waals surface area contributed by atoms with Gasteiger partial charge in [-0.25, -0.2) is 8.42 Å². The topological polar surface area (TPSA) is 100.0 Å². The number of carbonyl (C=O) groups is 1. The Labute approximate surface area is 100 Å². The SMILES string of the molecule is CC1(C)[C@@H]2CC[C@@]1(CS(=O)(=O)N=[N+]=[N-])C(=O)C2. The lowest BCUT2D eigenvalue weighted by Gasteiger charge is -2.35. The van der Waals surface area contributed by atoms with Crippen LogP contribution in [0.1, 0.15) is 33.1 Å². The molecule has 17 heavy (non-hydrogen) atoms. The summed E-state index contributed by atoms with van der Waals surface area (Å²) in [5.41, 5.74) is 7.07. The lowest BCUT2D eigenvalue weighted by atomic mass is 9.70. The van der Waals surface area contributed by atoms with Crippen molar-refractivity contribution in [2.24, 2.45) is 21.3 Å². The van der Waals surface area contributed by atoms with Gasteiger partial charge in [-0.05, 0) is 29.7 Å². The molecule has 2 rings (SSSR count). The average molecular weight is 257 g/mol. The van der Waals surface area contributed by atoms with E-state index in [0.717, 1.165) is 6.42 Å². The number of nitrogens with zero attached hydrogens (tertiary/aromatic N) is 3. The highest BCUT2D eigenvalue weighted by Crippen LogP contribution is 2.64. The molecule has 0 aliphatic heterocycles. The zero-order chi connectivity index (χ0) is 12.9. The molecule has 0 aromatic rings. The van der Waals surface area contributed by atoms with Crippen LogP contribution in [0.15, 0.2) is 4.52 Å². The number of Topliss-reactive ketones (excluding diaryl/α,β-unsaturated/α-hetero) is 1. The maximum atomic E-state index is 12.1. The van der Waals surface area contributed by atoms with Gasteiger partial charge in [-0.2, -0.15) is 0 Å². The number of carbonyl (C=O) groups excluding carboxylic acids is 1. The molecular formula is C10H15N3O3S. The van der Waals surface area contributed by atoms with Gasteiger partial charge in [0.15, 0.2) is 0 Å². The number of azide groups is 1. The second-order valence-electron chi connectivity index (χ2n) is 5.56. The molecule has 2 aliphatic rings. The molecule has 0 heterocycles. The maximum absolute atomic E-state index is 12.1. The Balaban J connectivity index is 2.43. The van der Waals surface area contributed by atoms with Gasteiger partial charge in [0.2, 0.25) is 10.0 Å². The normalized spacial score (nSPS) is 34.7. The zero-order valence-corrected chi connectivity index (χ0v) is 10.7. The van der Waals surface area contributed by atoms with E-state index in [4.69, 9.17) is 5.53 Å². The fourth-order valence-corrected chi connectivity index (χ4v) is 4.97. The standard InChI is InChI=1S/C10H15N3O3S/c1-9(2)7-3-4-10(9,8(14)5-7)6-17(15,16)13-12-11/h7H,3-6H2,1-2H3/t7-,10-/m1/s1. The van der Waals surface area contributed by atoms with Crippen LogP contribution in [0.25, 0.3) is 10.4 Å². The van der Waals surface area contributed by atoms with Gasteiger partial charge in [-0.15, -0.1) is 0 Å². The highest BCUT2D eigenvalue weighted by Gasteiger charge is 2.65. The van der Waals surface area contributed by atoms with Crippen LogP contribution in [0.5, 0.6) is 0 Å². The van der Waals surface area contributed by atoms with E-state index in [1.807, 2.05) is 13.8 Å². The van der Waals surface area contributed by atoms with Crippen molar-refractivity contribution in [3.8, 4) is 0 Å². The van der Waals surface area contributed by atoms with Crippen molar-refractivity contribution in [2.75, 3.05) is 5.75 Å².